The van der Waals surface area contributed by atoms with Crippen LogP contribution in [-0.4, -0.2) is 20.1 Å². The Balaban J connectivity index is 1.76. The van der Waals surface area contributed by atoms with Gasteiger partial charge in [-0.25, -0.2) is 0 Å². The SMILES string of the molecule is COc1ccc(/C=C2\C=C(c3ccccc3)N(c3ccc(OC)cc3)C2=O)cc1. The fraction of sp³-hybridized carbons (Fsp3) is 0.0800. The first-order valence-corrected chi connectivity index (χ1v) is 9.31. The number of hydrogen-bond acceptors (Lipinski definition) is 3. The molecule has 1 amide bonds. The van der Waals surface area contributed by atoms with Crippen molar-refractivity contribution in [1.29, 1.82) is 0 Å². The Morgan fingerprint density at radius 2 is 1.34 bits per heavy atom. The summed E-state index contributed by atoms with van der Waals surface area (Å²) < 4.78 is 10.5. The van der Waals surface area contributed by atoms with Crippen molar-refractivity contribution in [2.45, 2.75) is 0 Å². The van der Waals surface area contributed by atoms with E-state index in [9.17, 15) is 4.79 Å². The molecular formula is C25H21NO3. The zero-order valence-corrected chi connectivity index (χ0v) is 16.3. The van der Waals surface area contributed by atoms with Gasteiger partial charge in [0.2, 0.25) is 0 Å². The molecule has 0 aliphatic carbocycles. The molecule has 0 aromatic heterocycles. The predicted molar refractivity (Wildman–Crippen MR) is 116 cm³/mol. The van der Waals surface area contributed by atoms with Crippen LogP contribution in [0.1, 0.15) is 11.1 Å². The van der Waals surface area contributed by atoms with Crippen LogP contribution < -0.4 is 14.4 Å². The Morgan fingerprint density at radius 1 is 0.759 bits per heavy atom. The second-order valence-electron chi connectivity index (χ2n) is 6.61. The van der Waals surface area contributed by atoms with Gasteiger partial charge in [-0.3, -0.25) is 9.69 Å². The highest BCUT2D eigenvalue weighted by atomic mass is 16.5. The lowest BCUT2D eigenvalue weighted by atomic mass is 10.1. The molecule has 144 valence electrons. The summed E-state index contributed by atoms with van der Waals surface area (Å²) in [5, 5.41) is 0. The number of methoxy groups -OCH3 is 2. The van der Waals surface area contributed by atoms with Gasteiger partial charge in [0.25, 0.3) is 5.91 Å². The summed E-state index contributed by atoms with van der Waals surface area (Å²) in [7, 11) is 3.26. The Bertz CT molecular complexity index is 1070. The van der Waals surface area contributed by atoms with Crippen molar-refractivity contribution in [2.24, 2.45) is 0 Å². The van der Waals surface area contributed by atoms with E-state index in [1.54, 1.807) is 19.1 Å². The van der Waals surface area contributed by atoms with Gasteiger partial charge in [-0.15, -0.1) is 0 Å². The fourth-order valence-electron chi connectivity index (χ4n) is 3.30. The molecule has 0 N–H and O–H groups in total. The third-order valence-corrected chi connectivity index (χ3v) is 4.82. The van der Waals surface area contributed by atoms with E-state index >= 15 is 0 Å². The molecule has 1 aliphatic heterocycles. The Labute approximate surface area is 170 Å². The van der Waals surface area contributed by atoms with E-state index in [2.05, 4.69) is 0 Å². The van der Waals surface area contributed by atoms with Crippen LogP contribution in [0.2, 0.25) is 0 Å². The molecule has 0 spiro atoms. The molecule has 0 radical (unpaired) electrons. The van der Waals surface area contributed by atoms with Crippen LogP contribution in [0, 0.1) is 0 Å². The topological polar surface area (TPSA) is 38.8 Å². The van der Waals surface area contributed by atoms with Crippen molar-refractivity contribution in [3.63, 3.8) is 0 Å². The van der Waals surface area contributed by atoms with Crippen LogP contribution in [0.5, 0.6) is 11.5 Å². The van der Waals surface area contributed by atoms with Crippen molar-refractivity contribution in [3.05, 3.63) is 102 Å². The summed E-state index contributed by atoms with van der Waals surface area (Å²) in [6.07, 6.45) is 3.83. The highest BCUT2D eigenvalue weighted by Crippen LogP contribution is 2.35. The van der Waals surface area contributed by atoms with Crippen molar-refractivity contribution in [1.82, 2.24) is 0 Å². The standard InChI is InChI=1S/C25H21NO3/c1-28-22-12-8-18(9-13-22)16-20-17-24(19-6-4-3-5-7-19)26(25(20)27)21-10-14-23(29-2)15-11-21/h3-17H,1-2H3/b20-16+. The van der Waals surface area contributed by atoms with Gasteiger partial charge < -0.3 is 9.47 Å². The minimum atomic E-state index is -0.0650. The summed E-state index contributed by atoms with van der Waals surface area (Å²) in [6, 6.07) is 25.1. The van der Waals surface area contributed by atoms with Crippen molar-refractivity contribution in [3.8, 4) is 11.5 Å². The maximum Gasteiger partial charge on any atom is 0.262 e. The van der Waals surface area contributed by atoms with Gasteiger partial charge in [0.05, 0.1) is 19.9 Å². The van der Waals surface area contributed by atoms with Crippen molar-refractivity contribution >= 4 is 23.4 Å². The lowest BCUT2D eigenvalue weighted by Crippen LogP contribution is -2.24. The number of hydrogen-bond donors (Lipinski definition) is 0. The number of ether oxygens (including phenoxy) is 2. The summed E-state index contributed by atoms with van der Waals surface area (Å²) in [6.45, 7) is 0. The molecule has 4 nitrogen and oxygen atoms in total. The van der Waals surface area contributed by atoms with Crippen molar-refractivity contribution < 1.29 is 14.3 Å². The number of carbonyl (C=O) groups excluding carboxylic acids is 1. The second kappa shape index (κ2) is 8.07. The lowest BCUT2D eigenvalue weighted by molar-refractivity contribution is -0.113. The molecule has 0 saturated carbocycles. The summed E-state index contributed by atoms with van der Waals surface area (Å²) >= 11 is 0. The van der Waals surface area contributed by atoms with Gasteiger partial charge in [-0.1, -0.05) is 42.5 Å². The third-order valence-electron chi connectivity index (χ3n) is 4.82. The van der Waals surface area contributed by atoms with E-state index in [0.29, 0.717) is 5.57 Å². The third kappa shape index (κ3) is 3.78. The minimum absolute atomic E-state index is 0.0650. The normalized spacial score (nSPS) is 14.8. The Kier molecular flexibility index (Phi) is 5.16. The van der Waals surface area contributed by atoms with Crippen molar-refractivity contribution in [2.75, 3.05) is 19.1 Å². The Morgan fingerprint density at radius 3 is 1.93 bits per heavy atom. The number of amides is 1. The van der Waals surface area contributed by atoms with Gasteiger partial charge in [0.1, 0.15) is 11.5 Å². The van der Waals surface area contributed by atoms with Gasteiger partial charge in [-0.05, 0) is 59.7 Å². The maximum atomic E-state index is 13.3. The van der Waals surface area contributed by atoms with E-state index < -0.39 is 0 Å². The zero-order valence-electron chi connectivity index (χ0n) is 16.3. The molecule has 0 bridgehead atoms. The van der Waals surface area contributed by atoms with E-state index in [1.165, 1.54) is 0 Å². The first-order valence-electron chi connectivity index (χ1n) is 9.31. The quantitative estimate of drug-likeness (QED) is 0.570. The molecule has 29 heavy (non-hydrogen) atoms. The van der Waals surface area contributed by atoms with Gasteiger partial charge in [0, 0.05) is 11.3 Å². The minimum Gasteiger partial charge on any atom is -0.497 e. The van der Waals surface area contributed by atoms with Gasteiger partial charge in [0.15, 0.2) is 0 Å². The first kappa shape index (κ1) is 18.6. The lowest BCUT2D eigenvalue weighted by Gasteiger charge is -2.21. The maximum absolute atomic E-state index is 13.3. The molecule has 0 atom stereocenters. The van der Waals surface area contributed by atoms with Crippen LogP contribution in [-0.2, 0) is 4.79 Å². The molecule has 0 unspecified atom stereocenters. The number of benzene rings is 3. The molecule has 1 heterocycles. The molecule has 0 fully saturated rings. The molecule has 0 saturated heterocycles. The summed E-state index contributed by atoms with van der Waals surface area (Å²) in [4.78, 5) is 15.1. The molecular weight excluding hydrogens is 362 g/mol. The number of nitrogens with zero attached hydrogens (tertiary/aromatic N) is 1. The molecule has 4 heteroatoms. The average molecular weight is 383 g/mol. The van der Waals surface area contributed by atoms with Crippen LogP contribution in [0.25, 0.3) is 11.8 Å². The number of carbonyl (C=O) groups is 1. The fourth-order valence-corrected chi connectivity index (χ4v) is 3.30. The van der Waals surface area contributed by atoms with Gasteiger partial charge >= 0.3 is 0 Å². The highest BCUT2D eigenvalue weighted by Gasteiger charge is 2.30. The molecule has 3 aromatic rings. The molecule has 3 aromatic carbocycles. The smallest absolute Gasteiger partial charge is 0.262 e. The monoisotopic (exact) mass is 383 g/mol. The van der Waals surface area contributed by atoms with E-state index in [0.717, 1.165) is 34.0 Å². The van der Waals surface area contributed by atoms with Crippen LogP contribution in [0.4, 0.5) is 5.69 Å². The summed E-state index contributed by atoms with van der Waals surface area (Å²) in [5.41, 5.74) is 4.19. The number of rotatable bonds is 5. The molecule has 4 rings (SSSR count). The zero-order chi connectivity index (χ0) is 20.2. The number of anilines is 1. The van der Waals surface area contributed by atoms with E-state index in [4.69, 9.17) is 9.47 Å². The van der Waals surface area contributed by atoms with Crippen LogP contribution >= 0.6 is 0 Å². The Hall–Kier alpha value is -3.79. The first-order chi connectivity index (χ1) is 14.2. The van der Waals surface area contributed by atoms with Crippen LogP contribution in [0.3, 0.4) is 0 Å². The summed E-state index contributed by atoms with van der Waals surface area (Å²) in [5.74, 6) is 1.47. The van der Waals surface area contributed by atoms with Crippen LogP contribution in [0.15, 0.2) is 90.5 Å². The second-order valence-corrected chi connectivity index (χ2v) is 6.61. The van der Waals surface area contributed by atoms with E-state index in [1.807, 2.05) is 91.0 Å². The largest absolute Gasteiger partial charge is 0.497 e. The van der Waals surface area contributed by atoms with Gasteiger partial charge in [-0.2, -0.15) is 0 Å². The molecule has 1 aliphatic rings. The van der Waals surface area contributed by atoms with E-state index in [-0.39, 0.29) is 5.91 Å². The predicted octanol–water partition coefficient (Wildman–Crippen LogP) is 5.18. The average Bonchev–Trinajstić information content (AvgIpc) is 3.11. The highest BCUT2D eigenvalue weighted by molar-refractivity contribution is 6.23.